The number of likely N-dealkylation sites (tertiary alicyclic amines) is 1. The number of nitrogens with zero attached hydrogens (tertiary/aromatic N) is 6. The first-order valence-electron chi connectivity index (χ1n) is 9.62. The number of ether oxygens (including phenoxy) is 1. The van der Waals surface area contributed by atoms with Crippen molar-refractivity contribution in [2.45, 2.75) is 38.6 Å². The van der Waals surface area contributed by atoms with Gasteiger partial charge in [-0.15, -0.1) is 18.3 Å². The Morgan fingerprint density at radius 1 is 1.23 bits per heavy atom. The summed E-state index contributed by atoms with van der Waals surface area (Å²) >= 11 is 0. The Balaban J connectivity index is 1.29. The van der Waals surface area contributed by atoms with Crippen molar-refractivity contribution >= 4 is 5.91 Å². The summed E-state index contributed by atoms with van der Waals surface area (Å²) in [6.07, 6.45) is -1.47. The summed E-state index contributed by atoms with van der Waals surface area (Å²) < 4.78 is 47.4. The summed E-state index contributed by atoms with van der Waals surface area (Å²) in [6.45, 7) is 2.82. The van der Waals surface area contributed by atoms with Crippen molar-refractivity contribution in [2.75, 3.05) is 13.1 Å². The third-order valence-electron chi connectivity index (χ3n) is 4.96. The maximum atomic E-state index is 12.6. The van der Waals surface area contributed by atoms with Crippen LogP contribution in [0.3, 0.4) is 0 Å². The van der Waals surface area contributed by atoms with Crippen LogP contribution in [0.25, 0.3) is 11.6 Å². The molecule has 0 bridgehead atoms. The third-order valence-corrected chi connectivity index (χ3v) is 4.96. The zero-order valence-electron chi connectivity index (χ0n) is 16.5. The molecule has 0 radical (unpaired) electrons. The van der Waals surface area contributed by atoms with Gasteiger partial charge in [0.05, 0.1) is 18.7 Å². The maximum absolute atomic E-state index is 12.6. The van der Waals surface area contributed by atoms with Gasteiger partial charge in [-0.1, -0.05) is 22.5 Å². The molecule has 12 heteroatoms. The molecule has 1 aliphatic heterocycles. The van der Waals surface area contributed by atoms with Gasteiger partial charge in [0.2, 0.25) is 5.91 Å². The molecule has 1 aromatic carbocycles. The number of amides is 1. The Bertz CT molecular complexity index is 1040. The van der Waals surface area contributed by atoms with E-state index in [1.807, 2.05) is 0 Å². The van der Waals surface area contributed by atoms with E-state index < -0.39 is 6.36 Å². The molecule has 0 atom stereocenters. The standard InChI is InChI=1S/C19H19F3N6O3/c1-12-23-18(31-25-12)16-11-28(26-24-16)14-6-8-27(9-7-14)17(29)10-13-2-4-15(5-3-13)30-19(20,21)22/h2-5,11,14H,6-10H2,1H3. The van der Waals surface area contributed by atoms with Crippen LogP contribution in [-0.4, -0.2) is 55.4 Å². The van der Waals surface area contributed by atoms with Crippen molar-refractivity contribution in [3.8, 4) is 17.3 Å². The van der Waals surface area contributed by atoms with Gasteiger partial charge in [0.15, 0.2) is 11.5 Å². The van der Waals surface area contributed by atoms with Crippen LogP contribution in [0.5, 0.6) is 5.75 Å². The van der Waals surface area contributed by atoms with Crippen molar-refractivity contribution in [2.24, 2.45) is 0 Å². The first-order valence-corrected chi connectivity index (χ1v) is 9.62. The molecule has 3 aromatic rings. The fourth-order valence-corrected chi connectivity index (χ4v) is 3.43. The van der Waals surface area contributed by atoms with E-state index in [0.717, 1.165) is 0 Å². The van der Waals surface area contributed by atoms with Crippen LogP contribution >= 0.6 is 0 Å². The van der Waals surface area contributed by atoms with Crippen molar-refractivity contribution < 1.29 is 27.2 Å². The molecule has 164 valence electrons. The number of benzene rings is 1. The Kier molecular flexibility index (Phi) is 5.61. The molecule has 0 N–H and O–H groups in total. The van der Waals surface area contributed by atoms with E-state index in [1.165, 1.54) is 24.3 Å². The van der Waals surface area contributed by atoms with E-state index in [2.05, 4.69) is 25.2 Å². The Morgan fingerprint density at radius 2 is 1.94 bits per heavy atom. The molecule has 0 saturated carbocycles. The molecular weight excluding hydrogens is 417 g/mol. The maximum Gasteiger partial charge on any atom is 0.573 e. The normalized spacial score (nSPS) is 15.3. The number of aromatic nitrogens is 5. The summed E-state index contributed by atoms with van der Waals surface area (Å²) in [6, 6.07) is 5.42. The first kappa shape index (κ1) is 20.8. The molecule has 9 nitrogen and oxygen atoms in total. The fraction of sp³-hybridized carbons (Fsp3) is 0.421. The van der Waals surface area contributed by atoms with Gasteiger partial charge in [-0.05, 0) is 37.5 Å². The number of hydrogen-bond acceptors (Lipinski definition) is 7. The average Bonchev–Trinajstić information content (AvgIpc) is 3.38. The fourth-order valence-electron chi connectivity index (χ4n) is 3.43. The number of carbonyl (C=O) groups is 1. The number of piperidine rings is 1. The summed E-state index contributed by atoms with van der Waals surface area (Å²) in [7, 11) is 0. The lowest BCUT2D eigenvalue weighted by atomic mass is 10.0. The van der Waals surface area contributed by atoms with Crippen LogP contribution in [0.4, 0.5) is 13.2 Å². The van der Waals surface area contributed by atoms with Gasteiger partial charge in [0.1, 0.15) is 5.75 Å². The van der Waals surface area contributed by atoms with E-state index >= 15 is 0 Å². The van der Waals surface area contributed by atoms with E-state index in [4.69, 9.17) is 4.52 Å². The Labute approximate surface area is 174 Å². The van der Waals surface area contributed by atoms with Gasteiger partial charge in [-0.3, -0.25) is 4.79 Å². The second kappa shape index (κ2) is 8.36. The van der Waals surface area contributed by atoms with Crippen LogP contribution in [-0.2, 0) is 11.2 Å². The largest absolute Gasteiger partial charge is 0.573 e. The summed E-state index contributed by atoms with van der Waals surface area (Å²) in [4.78, 5) is 18.4. The molecule has 1 saturated heterocycles. The lowest BCUT2D eigenvalue weighted by Gasteiger charge is -2.32. The number of halogens is 3. The first-order chi connectivity index (χ1) is 14.8. The minimum absolute atomic E-state index is 0.0800. The van der Waals surface area contributed by atoms with Crippen LogP contribution < -0.4 is 4.74 Å². The number of rotatable bonds is 5. The minimum atomic E-state index is -4.74. The predicted molar refractivity (Wildman–Crippen MR) is 99.7 cm³/mol. The molecule has 3 heterocycles. The quantitative estimate of drug-likeness (QED) is 0.606. The molecule has 0 spiro atoms. The van der Waals surface area contributed by atoms with Gasteiger partial charge in [-0.25, -0.2) is 4.68 Å². The Hall–Kier alpha value is -3.44. The van der Waals surface area contributed by atoms with Crippen molar-refractivity contribution in [1.29, 1.82) is 0 Å². The second-order valence-electron chi connectivity index (χ2n) is 7.21. The summed E-state index contributed by atoms with van der Waals surface area (Å²) in [5.41, 5.74) is 1.12. The highest BCUT2D eigenvalue weighted by atomic mass is 19.4. The van der Waals surface area contributed by atoms with Crippen molar-refractivity contribution in [3.05, 3.63) is 41.9 Å². The van der Waals surface area contributed by atoms with Crippen LogP contribution in [0.2, 0.25) is 0 Å². The zero-order valence-corrected chi connectivity index (χ0v) is 16.5. The number of aryl methyl sites for hydroxylation is 1. The smallest absolute Gasteiger partial charge is 0.406 e. The van der Waals surface area contributed by atoms with Crippen molar-refractivity contribution in [1.82, 2.24) is 30.0 Å². The highest BCUT2D eigenvalue weighted by Crippen LogP contribution is 2.25. The zero-order chi connectivity index (χ0) is 22.0. The van der Waals surface area contributed by atoms with Crippen molar-refractivity contribution in [3.63, 3.8) is 0 Å². The Morgan fingerprint density at radius 3 is 2.55 bits per heavy atom. The van der Waals surface area contributed by atoms with Gasteiger partial charge >= 0.3 is 6.36 Å². The third kappa shape index (κ3) is 5.19. The van der Waals surface area contributed by atoms with Gasteiger partial charge in [0.25, 0.3) is 5.89 Å². The van der Waals surface area contributed by atoms with E-state index in [0.29, 0.717) is 48.9 Å². The summed E-state index contributed by atoms with van der Waals surface area (Å²) in [5.74, 6) is 0.429. The second-order valence-corrected chi connectivity index (χ2v) is 7.21. The van der Waals surface area contributed by atoms with Gasteiger partial charge < -0.3 is 14.2 Å². The van der Waals surface area contributed by atoms with Crippen LogP contribution in [0.15, 0.2) is 35.0 Å². The monoisotopic (exact) mass is 436 g/mol. The number of carbonyl (C=O) groups excluding carboxylic acids is 1. The summed E-state index contributed by atoms with van der Waals surface area (Å²) in [5, 5.41) is 11.9. The minimum Gasteiger partial charge on any atom is -0.406 e. The molecule has 1 aliphatic rings. The van der Waals surface area contributed by atoms with Gasteiger partial charge in [0, 0.05) is 13.1 Å². The molecule has 1 fully saturated rings. The van der Waals surface area contributed by atoms with Gasteiger partial charge in [-0.2, -0.15) is 4.98 Å². The SMILES string of the molecule is Cc1noc(-c2cn(C3CCN(C(=O)Cc4ccc(OC(F)(F)F)cc4)CC3)nn2)n1. The predicted octanol–water partition coefficient (Wildman–Crippen LogP) is 2.94. The number of alkyl halides is 3. The highest BCUT2D eigenvalue weighted by Gasteiger charge is 2.31. The topological polar surface area (TPSA) is 99.2 Å². The van der Waals surface area contributed by atoms with E-state index in [1.54, 1.807) is 22.7 Å². The van der Waals surface area contributed by atoms with E-state index in [9.17, 15) is 18.0 Å². The average molecular weight is 436 g/mol. The lowest BCUT2D eigenvalue weighted by molar-refractivity contribution is -0.274. The molecular formula is C19H19F3N6O3. The molecule has 1 amide bonds. The molecule has 0 aliphatic carbocycles. The molecule has 31 heavy (non-hydrogen) atoms. The molecule has 4 rings (SSSR count). The molecule has 0 unspecified atom stereocenters. The van der Waals surface area contributed by atoms with Crippen LogP contribution in [0, 0.1) is 6.92 Å². The molecule has 2 aromatic heterocycles. The van der Waals surface area contributed by atoms with E-state index in [-0.39, 0.29) is 24.1 Å². The lowest BCUT2D eigenvalue weighted by Crippen LogP contribution is -2.40. The van der Waals surface area contributed by atoms with Crippen LogP contribution in [0.1, 0.15) is 30.3 Å². The highest BCUT2D eigenvalue weighted by molar-refractivity contribution is 5.78. The number of hydrogen-bond donors (Lipinski definition) is 0.